The Kier molecular flexibility index (Phi) is 4.22. The van der Waals surface area contributed by atoms with Crippen LogP contribution in [0.5, 0.6) is 0 Å². The molecule has 2 saturated heterocycles. The van der Waals surface area contributed by atoms with Gasteiger partial charge in [-0.3, -0.25) is 0 Å². The first-order chi connectivity index (χ1) is 8.83. The Morgan fingerprint density at radius 2 is 1.67 bits per heavy atom. The second-order valence-corrected chi connectivity index (χ2v) is 6.64. The Hall–Kier alpha value is -0.120. The van der Waals surface area contributed by atoms with Gasteiger partial charge in [-0.2, -0.15) is 0 Å². The average molecular weight is 251 g/mol. The van der Waals surface area contributed by atoms with Crippen LogP contribution >= 0.6 is 0 Å². The van der Waals surface area contributed by atoms with Gasteiger partial charge in [0.25, 0.3) is 0 Å². The lowest BCUT2D eigenvalue weighted by molar-refractivity contribution is 0.259. The number of hydrogen-bond donors (Lipinski definition) is 1. The van der Waals surface area contributed by atoms with E-state index in [1.165, 1.54) is 71.5 Å². The Morgan fingerprint density at radius 1 is 0.944 bits per heavy atom. The summed E-state index contributed by atoms with van der Waals surface area (Å²) in [5.41, 5.74) is 0. The van der Waals surface area contributed by atoms with E-state index in [9.17, 15) is 0 Å². The van der Waals surface area contributed by atoms with Crippen LogP contribution in [0.15, 0.2) is 0 Å². The van der Waals surface area contributed by atoms with Crippen molar-refractivity contribution in [3.05, 3.63) is 0 Å². The van der Waals surface area contributed by atoms with Crippen LogP contribution in [-0.2, 0) is 0 Å². The molecule has 3 nitrogen and oxygen atoms in total. The van der Waals surface area contributed by atoms with E-state index in [0.717, 1.165) is 17.9 Å². The molecule has 1 saturated carbocycles. The number of likely N-dealkylation sites (tertiary alicyclic amines) is 2. The minimum absolute atomic E-state index is 0.881. The molecule has 0 spiro atoms. The van der Waals surface area contributed by atoms with Gasteiger partial charge in [0.1, 0.15) is 0 Å². The summed E-state index contributed by atoms with van der Waals surface area (Å²) in [5, 5.41) is 3.69. The number of nitrogens with one attached hydrogen (secondary N) is 1. The van der Waals surface area contributed by atoms with Crippen LogP contribution in [0, 0.1) is 11.8 Å². The molecule has 0 aromatic rings. The van der Waals surface area contributed by atoms with Crippen molar-refractivity contribution in [1.82, 2.24) is 15.1 Å². The van der Waals surface area contributed by atoms with Crippen molar-refractivity contribution in [1.29, 1.82) is 0 Å². The summed E-state index contributed by atoms with van der Waals surface area (Å²) in [4.78, 5) is 5.33. The third kappa shape index (κ3) is 3.46. The summed E-state index contributed by atoms with van der Waals surface area (Å²) < 4.78 is 0. The summed E-state index contributed by atoms with van der Waals surface area (Å²) in [6.45, 7) is 11.5. The van der Waals surface area contributed by atoms with Crippen LogP contribution < -0.4 is 5.32 Å². The molecule has 3 fully saturated rings. The van der Waals surface area contributed by atoms with Crippen LogP contribution in [0.2, 0.25) is 0 Å². The molecule has 0 aromatic heterocycles. The molecule has 3 heteroatoms. The molecular formula is C15H29N3. The van der Waals surface area contributed by atoms with Crippen molar-refractivity contribution >= 4 is 0 Å². The van der Waals surface area contributed by atoms with E-state index in [1.807, 2.05) is 0 Å². The zero-order chi connectivity index (χ0) is 12.4. The highest BCUT2D eigenvalue weighted by Crippen LogP contribution is 2.23. The normalized spacial score (nSPS) is 34.5. The summed E-state index contributed by atoms with van der Waals surface area (Å²) >= 11 is 0. The molecule has 1 aliphatic carbocycles. The van der Waals surface area contributed by atoms with Crippen molar-refractivity contribution in [3.8, 4) is 0 Å². The van der Waals surface area contributed by atoms with E-state index in [4.69, 9.17) is 0 Å². The number of hydrogen-bond acceptors (Lipinski definition) is 3. The molecular weight excluding hydrogens is 222 g/mol. The minimum Gasteiger partial charge on any atom is -0.314 e. The van der Waals surface area contributed by atoms with Gasteiger partial charge in [0, 0.05) is 25.7 Å². The number of nitrogens with zero attached hydrogens (tertiary/aromatic N) is 2. The Morgan fingerprint density at radius 3 is 2.39 bits per heavy atom. The summed E-state index contributed by atoms with van der Waals surface area (Å²) in [6, 6.07) is 0.881. The molecule has 3 aliphatic rings. The van der Waals surface area contributed by atoms with E-state index < -0.39 is 0 Å². The van der Waals surface area contributed by atoms with Crippen LogP contribution in [0.1, 0.15) is 32.6 Å². The lowest BCUT2D eigenvalue weighted by Crippen LogP contribution is -2.31. The van der Waals surface area contributed by atoms with Gasteiger partial charge < -0.3 is 15.1 Å². The summed E-state index contributed by atoms with van der Waals surface area (Å²) in [6.07, 6.45) is 5.69. The van der Waals surface area contributed by atoms with Gasteiger partial charge in [0.15, 0.2) is 0 Å². The highest BCUT2D eigenvalue weighted by molar-refractivity contribution is 4.86. The summed E-state index contributed by atoms with van der Waals surface area (Å²) in [5.74, 6) is 1.87. The van der Waals surface area contributed by atoms with Gasteiger partial charge in [0.2, 0.25) is 0 Å². The largest absolute Gasteiger partial charge is 0.314 e. The quantitative estimate of drug-likeness (QED) is 0.770. The van der Waals surface area contributed by atoms with Gasteiger partial charge in [-0.05, 0) is 63.7 Å². The molecule has 2 atom stereocenters. The molecule has 0 aromatic carbocycles. The van der Waals surface area contributed by atoms with Crippen LogP contribution in [-0.4, -0.2) is 61.7 Å². The standard InChI is InChI=1S/C15H29N3/c1-2-17-7-6-14(11-17)12-18-8-5-13(10-18)9-16-15-3-4-15/h13-16H,2-12H2,1H3. The smallest absolute Gasteiger partial charge is 0.00683 e. The van der Waals surface area contributed by atoms with Gasteiger partial charge in [-0.1, -0.05) is 6.92 Å². The van der Waals surface area contributed by atoms with Gasteiger partial charge in [-0.15, -0.1) is 0 Å². The fourth-order valence-corrected chi connectivity index (χ4v) is 3.58. The van der Waals surface area contributed by atoms with Crippen LogP contribution in [0.4, 0.5) is 0 Å². The third-order valence-corrected chi connectivity index (χ3v) is 4.98. The topological polar surface area (TPSA) is 18.5 Å². The van der Waals surface area contributed by atoms with Gasteiger partial charge in [0.05, 0.1) is 0 Å². The fraction of sp³-hybridized carbons (Fsp3) is 1.00. The first-order valence-electron chi connectivity index (χ1n) is 8.01. The molecule has 3 rings (SSSR count). The predicted molar refractivity (Wildman–Crippen MR) is 75.8 cm³/mol. The second-order valence-electron chi connectivity index (χ2n) is 6.64. The molecule has 0 amide bonds. The van der Waals surface area contributed by atoms with E-state index in [-0.39, 0.29) is 0 Å². The molecule has 0 radical (unpaired) electrons. The SMILES string of the molecule is CCN1CCC(CN2CCC(CNC3CC3)C2)C1. The van der Waals surface area contributed by atoms with Gasteiger partial charge in [-0.25, -0.2) is 0 Å². The lowest BCUT2D eigenvalue weighted by Gasteiger charge is -2.21. The molecule has 1 N–H and O–H groups in total. The molecule has 2 heterocycles. The maximum absolute atomic E-state index is 3.69. The van der Waals surface area contributed by atoms with Crippen molar-refractivity contribution in [2.75, 3.05) is 45.8 Å². The zero-order valence-electron chi connectivity index (χ0n) is 11.9. The Balaban J connectivity index is 1.34. The van der Waals surface area contributed by atoms with Gasteiger partial charge >= 0.3 is 0 Å². The molecule has 104 valence electrons. The predicted octanol–water partition coefficient (Wildman–Crippen LogP) is 1.40. The average Bonchev–Trinajstić information content (AvgIpc) is 2.93. The second kappa shape index (κ2) is 5.89. The van der Waals surface area contributed by atoms with Crippen molar-refractivity contribution in [3.63, 3.8) is 0 Å². The van der Waals surface area contributed by atoms with E-state index in [1.54, 1.807) is 0 Å². The van der Waals surface area contributed by atoms with Crippen molar-refractivity contribution in [2.24, 2.45) is 11.8 Å². The first kappa shape index (κ1) is 12.9. The molecule has 18 heavy (non-hydrogen) atoms. The molecule has 2 aliphatic heterocycles. The van der Waals surface area contributed by atoms with E-state index >= 15 is 0 Å². The molecule has 2 unspecified atom stereocenters. The highest BCUT2D eigenvalue weighted by Gasteiger charge is 2.29. The van der Waals surface area contributed by atoms with E-state index in [2.05, 4.69) is 22.0 Å². The lowest BCUT2D eigenvalue weighted by atomic mass is 10.1. The Bertz CT molecular complexity index is 264. The summed E-state index contributed by atoms with van der Waals surface area (Å²) in [7, 11) is 0. The van der Waals surface area contributed by atoms with Crippen molar-refractivity contribution in [2.45, 2.75) is 38.6 Å². The van der Waals surface area contributed by atoms with Crippen LogP contribution in [0.25, 0.3) is 0 Å². The third-order valence-electron chi connectivity index (χ3n) is 4.98. The first-order valence-corrected chi connectivity index (χ1v) is 8.01. The maximum atomic E-state index is 3.69. The fourth-order valence-electron chi connectivity index (χ4n) is 3.58. The highest BCUT2D eigenvalue weighted by atomic mass is 15.2. The number of rotatable bonds is 6. The Labute approximate surface area is 112 Å². The molecule has 0 bridgehead atoms. The minimum atomic E-state index is 0.881. The van der Waals surface area contributed by atoms with E-state index in [0.29, 0.717) is 0 Å². The monoisotopic (exact) mass is 251 g/mol. The van der Waals surface area contributed by atoms with Crippen molar-refractivity contribution < 1.29 is 0 Å². The van der Waals surface area contributed by atoms with Crippen LogP contribution in [0.3, 0.4) is 0 Å². The zero-order valence-corrected chi connectivity index (χ0v) is 11.9. The maximum Gasteiger partial charge on any atom is 0.00683 e.